The van der Waals surface area contributed by atoms with Gasteiger partial charge in [-0.05, 0) is 17.7 Å². The lowest BCUT2D eigenvalue weighted by Gasteiger charge is -2.28. The van der Waals surface area contributed by atoms with Crippen molar-refractivity contribution in [3.8, 4) is 0 Å². The second-order valence-corrected chi connectivity index (χ2v) is 4.29. The Balaban J connectivity index is 2.05. The number of morpholine rings is 1. The van der Waals surface area contributed by atoms with Gasteiger partial charge < -0.3 is 9.64 Å². The van der Waals surface area contributed by atoms with Crippen molar-refractivity contribution in [3.05, 3.63) is 35.6 Å². The van der Waals surface area contributed by atoms with Crippen LogP contribution in [0.2, 0.25) is 0 Å². The van der Waals surface area contributed by atoms with E-state index in [4.69, 9.17) is 16.3 Å². The summed E-state index contributed by atoms with van der Waals surface area (Å²) in [6.07, 6.45) is 0. The molecule has 0 aromatic heterocycles. The monoisotopic (exact) mass is 257 g/mol. The van der Waals surface area contributed by atoms with E-state index >= 15 is 0 Å². The smallest absolute Gasteiger partial charge is 0.245 e. The highest BCUT2D eigenvalue weighted by Crippen LogP contribution is 2.23. The first-order valence-electron chi connectivity index (χ1n) is 5.44. The minimum absolute atomic E-state index is 0.151. The van der Waals surface area contributed by atoms with Crippen LogP contribution in [0.25, 0.3) is 0 Å². The number of halogens is 2. The molecule has 0 radical (unpaired) electrons. The lowest BCUT2D eigenvalue weighted by atomic mass is 10.1. The highest BCUT2D eigenvalue weighted by molar-refractivity contribution is 6.30. The topological polar surface area (TPSA) is 29.5 Å². The van der Waals surface area contributed by atoms with Crippen LogP contribution in [0.4, 0.5) is 4.39 Å². The summed E-state index contributed by atoms with van der Waals surface area (Å²) in [5.74, 6) is -0.488. The average molecular weight is 258 g/mol. The Bertz CT molecular complexity index is 390. The summed E-state index contributed by atoms with van der Waals surface area (Å²) in [6.45, 7) is 2.20. The normalized spacial score (nSPS) is 17.9. The van der Waals surface area contributed by atoms with Gasteiger partial charge in [0.15, 0.2) is 0 Å². The molecule has 3 nitrogen and oxygen atoms in total. The average Bonchev–Trinajstić information content (AvgIpc) is 2.39. The van der Waals surface area contributed by atoms with Crippen LogP contribution in [0.3, 0.4) is 0 Å². The molecule has 1 amide bonds. The summed E-state index contributed by atoms with van der Waals surface area (Å²) in [7, 11) is 0. The number of carbonyl (C=O) groups is 1. The minimum Gasteiger partial charge on any atom is -0.378 e. The molecular formula is C12H13ClFNO2. The van der Waals surface area contributed by atoms with Crippen LogP contribution in [0.5, 0.6) is 0 Å². The van der Waals surface area contributed by atoms with Crippen molar-refractivity contribution >= 4 is 17.5 Å². The molecular weight excluding hydrogens is 245 g/mol. The first-order chi connectivity index (χ1) is 8.18. The van der Waals surface area contributed by atoms with E-state index in [-0.39, 0.29) is 11.7 Å². The van der Waals surface area contributed by atoms with Gasteiger partial charge in [0.05, 0.1) is 13.2 Å². The maximum absolute atomic E-state index is 12.8. The van der Waals surface area contributed by atoms with Crippen molar-refractivity contribution in [3.63, 3.8) is 0 Å². The SMILES string of the molecule is O=C(C(Cl)c1ccc(F)cc1)N1CCOCC1. The van der Waals surface area contributed by atoms with E-state index in [1.165, 1.54) is 24.3 Å². The van der Waals surface area contributed by atoms with Crippen LogP contribution < -0.4 is 0 Å². The van der Waals surface area contributed by atoms with Gasteiger partial charge in [-0.2, -0.15) is 0 Å². The fourth-order valence-corrected chi connectivity index (χ4v) is 2.00. The Morgan fingerprint density at radius 2 is 1.88 bits per heavy atom. The Morgan fingerprint density at radius 3 is 2.47 bits per heavy atom. The van der Waals surface area contributed by atoms with E-state index in [2.05, 4.69) is 0 Å². The molecule has 92 valence electrons. The van der Waals surface area contributed by atoms with E-state index in [0.717, 1.165) is 0 Å². The van der Waals surface area contributed by atoms with Crippen LogP contribution in [0, 0.1) is 5.82 Å². The Kier molecular flexibility index (Phi) is 3.97. The molecule has 1 unspecified atom stereocenters. The van der Waals surface area contributed by atoms with E-state index in [1.807, 2.05) is 0 Å². The number of ether oxygens (including phenoxy) is 1. The molecule has 1 heterocycles. The summed E-state index contributed by atoms with van der Waals surface area (Å²) in [5.41, 5.74) is 0.615. The number of benzene rings is 1. The van der Waals surface area contributed by atoms with E-state index in [1.54, 1.807) is 4.90 Å². The first kappa shape index (κ1) is 12.3. The molecule has 1 aliphatic heterocycles. The van der Waals surface area contributed by atoms with Gasteiger partial charge >= 0.3 is 0 Å². The number of carbonyl (C=O) groups excluding carboxylic acids is 1. The van der Waals surface area contributed by atoms with Crippen LogP contribution in [0.1, 0.15) is 10.9 Å². The van der Waals surface area contributed by atoms with Crippen LogP contribution >= 0.6 is 11.6 Å². The fraction of sp³-hybridized carbons (Fsp3) is 0.417. The van der Waals surface area contributed by atoms with Crippen LogP contribution in [-0.2, 0) is 9.53 Å². The summed E-state index contributed by atoms with van der Waals surface area (Å²) in [6, 6.07) is 5.67. The third-order valence-electron chi connectivity index (χ3n) is 2.70. The zero-order chi connectivity index (χ0) is 12.3. The highest BCUT2D eigenvalue weighted by atomic mass is 35.5. The second kappa shape index (κ2) is 5.47. The van der Waals surface area contributed by atoms with Gasteiger partial charge in [-0.1, -0.05) is 12.1 Å². The van der Waals surface area contributed by atoms with Crippen molar-refractivity contribution in [1.82, 2.24) is 4.90 Å². The lowest BCUT2D eigenvalue weighted by Crippen LogP contribution is -2.42. The zero-order valence-electron chi connectivity index (χ0n) is 9.23. The maximum Gasteiger partial charge on any atom is 0.245 e. The van der Waals surface area contributed by atoms with Crippen molar-refractivity contribution in [2.45, 2.75) is 5.38 Å². The molecule has 1 aromatic rings. The molecule has 1 fully saturated rings. The summed E-state index contributed by atoms with van der Waals surface area (Å²) < 4.78 is 17.9. The molecule has 1 atom stereocenters. The van der Waals surface area contributed by atoms with Crippen LogP contribution in [0.15, 0.2) is 24.3 Å². The number of nitrogens with zero attached hydrogens (tertiary/aromatic N) is 1. The quantitative estimate of drug-likeness (QED) is 0.758. The molecule has 2 rings (SSSR count). The van der Waals surface area contributed by atoms with Crippen molar-refractivity contribution in [2.24, 2.45) is 0 Å². The Hall–Kier alpha value is -1.13. The molecule has 1 aromatic carbocycles. The minimum atomic E-state index is -0.756. The largest absolute Gasteiger partial charge is 0.378 e. The van der Waals surface area contributed by atoms with Gasteiger partial charge in [0.1, 0.15) is 11.2 Å². The molecule has 0 N–H and O–H groups in total. The summed E-state index contributed by atoms with van der Waals surface area (Å²) in [4.78, 5) is 13.7. The Labute approximate surface area is 104 Å². The Morgan fingerprint density at radius 1 is 1.29 bits per heavy atom. The molecule has 1 aliphatic rings. The summed E-state index contributed by atoms with van der Waals surface area (Å²) in [5, 5.41) is -0.756. The molecule has 17 heavy (non-hydrogen) atoms. The first-order valence-corrected chi connectivity index (χ1v) is 5.88. The molecule has 0 saturated carbocycles. The fourth-order valence-electron chi connectivity index (χ4n) is 1.72. The lowest BCUT2D eigenvalue weighted by molar-refractivity contribution is -0.134. The number of hydrogen-bond donors (Lipinski definition) is 0. The van der Waals surface area contributed by atoms with Crippen molar-refractivity contribution in [1.29, 1.82) is 0 Å². The molecule has 0 spiro atoms. The van der Waals surface area contributed by atoms with Crippen molar-refractivity contribution in [2.75, 3.05) is 26.3 Å². The van der Waals surface area contributed by atoms with Crippen LogP contribution in [-0.4, -0.2) is 37.1 Å². The molecule has 1 saturated heterocycles. The second-order valence-electron chi connectivity index (χ2n) is 3.85. The third-order valence-corrected chi connectivity index (χ3v) is 3.14. The molecule has 0 bridgehead atoms. The third kappa shape index (κ3) is 2.96. The van der Waals surface area contributed by atoms with E-state index < -0.39 is 5.38 Å². The maximum atomic E-state index is 12.8. The number of rotatable bonds is 2. The van der Waals surface area contributed by atoms with Crippen molar-refractivity contribution < 1.29 is 13.9 Å². The van der Waals surface area contributed by atoms with Gasteiger partial charge in [0.25, 0.3) is 0 Å². The van der Waals surface area contributed by atoms with Gasteiger partial charge in [-0.25, -0.2) is 4.39 Å². The number of amides is 1. The standard InChI is InChI=1S/C12H13ClFNO2/c13-11(9-1-3-10(14)4-2-9)12(16)15-5-7-17-8-6-15/h1-4,11H,5-8H2. The summed E-state index contributed by atoms with van der Waals surface area (Å²) >= 11 is 6.09. The molecule has 5 heteroatoms. The van der Waals surface area contributed by atoms with Gasteiger partial charge in [-0.15, -0.1) is 11.6 Å². The predicted octanol–water partition coefficient (Wildman–Crippen LogP) is 1.96. The van der Waals surface area contributed by atoms with E-state index in [9.17, 15) is 9.18 Å². The zero-order valence-corrected chi connectivity index (χ0v) is 9.99. The van der Waals surface area contributed by atoms with Gasteiger partial charge in [0, 0.05) is 13.1 Å². The van der Waals surface area contributed by atoms with Gasteiger partial charge in [-0.3, -0.25) is 4.79 Å². The number of hydrogen-bond acceptors (Lipinski definition) is 2. The number of alkyl halides is 1. The molecule has 0 aliphatic carbocycles. The van der Waals surface area contributed by atoms with Gasteiger partial charge in [0.2, 0.25) is 5.91 Å². The predicted molar refractivity (Wildman–Crippen MR) is 62.4 cm³/mol. The highest BCUT2D eigenvalue weighted by Gasteiger charge is 2.25. The van der Waals surface area contributed by atoms with E-state index in [0.29, 0.717) is 31.9 Å².